The Kier molecular flexibility index (Phi) is 5.44. The van der Waals surface area contributed by atoms with Gasteiger partial charge in [0.05, 0.1) is 10.5 Å². The number of halogens is 3. The van der Waals surface area contributed by atoms with Crippen LogP contribution in [0.5, 0.6) is 5.75 Å². The maximum Gasteiger partial charge on any atom is 0.573 e. The number of alkyl halides is 3. The van der Waals surface area contributed by atoms with Gasteiger partial charge in [-0.3, -0.25) is 4.79 Å². The van der Waals surface area contributed by atoms with Gasteiger partial charge in [0.1, 0.15) is 11.5 Å². The highest BCUT2D eigenvalue weighted by Gasteiger charge is 2.45. The van der Waals surface area contributed by atoms with Crippen LogP contribution >= 0.6 is 0 Å². The maximum atomic E-state index is 13.1. The van der Waals surface area contributed by atoms with Gasteiger partial charge in [-0.05, 0) is 55.3 Å². The molecule has 3 rings (SSSR count). The zero-order valence-corrected chi connectivity index (χ0v) is 17.2. The third-order valence-electron chi connectivity index (χ3n) is 4.86. The van der Waals surface area contributed by atoms with E-state index < -0.39 is 27.6 Å². The number of hydrogen-bond acceptors (Lipinski definition) is 5. The number of rotatable bonds is 5. The third-order valence-corrected chi connectivity index (χ3v) is 5.99. The highest BCUT2D eigenvalue weighted by Crippen LogP contribution is 2.43. The highest BCUT2D eigenvalue weighted by molar-refractivity contribution is 7.90. The zero-order valence-electron chi connectivity index (χ0n) is 16.4. The Morgan fingerprint density at radius 2 is 1.53 bits per heavy atom. The monoisotopic (exact) mass is 440 g/mol. The van der Waals surface area contributed by atoms with E-state index in [0.29, 0.717) is 17.5 Å². The Bertz CT molecular complexity index is 1100. The second-order valence-corrected chi connectivity index (χ2v) is 9.10. The van der Waals surface area contributed by atoms with Crippen LogP contribution in [-0.4, -0.2) is 32.4 Å². The summed E-state index contributed by atoms with van der Waals surface area (Å²) in [6.07, 6.45) is -3.36. The van der Waals surface area contributed by atoms with Crippen molar-refractivity contribution < 1.29 is 35.9 Å². The lowest BCUT2D eigenvalue weighted by Gasteiger charge is -2.21. The van der Waals surface area contributed by atoms with Crippen molar-refractivity contribution in [1.29, 1.82) is 0 Å². The molecule has 0 bridgehead atoms. The summed E-state index contributed by atoms with van der Waals surface area (Å²) in [6.45, 7) is 3.42. The van der Waals surface area contributed by atoms with Crippen molar-refractivity contribution in [1.82, 2.24) is 0 Å². The highest BCUT2D eigenvalue weighted by atomic mass is 32.2. The average molecular weight is 440 g/mol. The minimum Gasteiger partial charge on any atom is -0.478 e. The molecular weight excluding hydrogens is 421 g/mol. The van der Waals surface area contributed by atoms with E-state index in [4.69, 9.17) is 4.74 Å². The van der Waals surface area contributed by atoms with Crippen molar-refractivity contribution in [2.24, 2.45) is 0 Å². The third kappa shape index (κ3) is 4.35. The largest absolute Gasteiger partial charge is 0.573 e. The normalized spacial score (nSPS) is 19.7. The van der Waals surface area contributed by atoms with Gasteiger partial charge in [-0.15, -0.1) is 13.2 Å². The summed E-state index contributed by atoms with van der Waals surface area (Å²) < 4.78 is 70.4. The molecule has 30 heavy (non-hydrogen) atoms. The average Bonchev–Trinajstić information content (AvgIpc) is 2.93. The molecule has 1 atom stereocenters. The molecule has 9 heteroatoms. The number of ketones is 1. The number of hydrogen-bond donors (Lipinski definition) is 0. The summed E-state index contributed by atoms with van der Waals surface area (Å²) in [6, 6.07) is 10.8. The molecule has 0 spiro atoms. The first-order valence-corrected chi connectivity index (χ1v) is 10.9. The van der Waals surface area contributed by atoms with Crippen LogP contribution in [0.25, 0.3) is 11.3 Å². The lowest BCUT2D eigenvalue weighted by molar-refractivity contribution is -0.274. The first-order valence-electron chi connectivity index (χ1n) is 8.99. The summed E-state index contributed by atoms with van der Waals surface area (Å²) in [5.74, 6) is -0.471. The molecule has 1 aliphatic heterocycles. The van der Waals surface area contributed by atoms with Gasteiger partial charge in [0.2, 0.25) is 5.78 Å². The van der Waals surface area contributed by atoms with E-state index in [0.717, 1.165) is 18.4 Å². The van der Waals surface area contributed by atoms with Gasteiger partial charge >= 0.3 is 6.36 Å². The van der Waals surface area contributed by atoms with Crippen LogP contribution in [0.2, 0.25) is 0 Å². The van der Waals surface area contributed by atoms with Crippen LogP contribution in [-0.2, 0) is 19.4 Å². The summed E-state index contributed by atoms with van der Waals surface area (Å²) in [5.41, 5.74) is -0.0705. The molecule has 0 radical (unpaired) electrons. The van der Waals surface area contributed by atoms with Gasteiger partial charge in [-0.2, -0.15) is 0 Å². The summed E-state index contributed by atoms with van der Waals surface area (Å²) >= 11 is 0. The summed E-state index contributed by atoms with van der Waals surface area (Å²) in [5, 5.41) is 0. The van der Waals surface area contributed by atoms with Crippen LogP contribution in [0.1, 0.15) is 31.4 Å². The molecular formula is C21H19F3O5S. The first-order chi connectivity index (χ1) is 13.8. The Labute approximate surface area is 172 Å². The molecule has 1 unspecified atom stereocenters. The van der Waals surface area contributed by atoms with Gasteiger partial charge in [-0.1, -0.05) is 19.1 Å². The van der Waals surface area contributed by atoms with Crippen LogP contribution in [0.15, 0.2) is 53.4 Å². The predicted molar refractivity (Wildman–Crippen MR) is 104 cm³/mol. The van der Waals surface area contributed by atoms with E-state index in [9.17, 15) is 26.4 Å². The fraction of sp³-hybridized carbons (Fsp3) is 0.286. The lowest BCUT2D eigenvalue weighted by Crippen LogP contribution is -2.32. The number of carbonyl (C=O) groups is 1. The Morgan fingerprint density at radius 3 is 2.00 bits per heavy atom. The molecule has 1 heterocycles. The minimum atomic E-state index is -4.82. The summed E-state index contributed by atoms with van der Waals surface area (Å²) in [4.78, 5) is 13.2. The minimum absolute atomic E-state index is 0.115. The summed E-state index contributed by atoms with van der Waals surface area (Å²) in [7, 11) is -3.40. The van der Waals surface area contributed by atoms with Gasteiger partial charge < -0.3 is 9.47 Å². The molecule has 5 nitrogen and oxygen atoms in total. The predicted octanol–water partition coefficient (Wildman–Crippen LogP) is 4.63. The molecule has 0 saturated carbocycles. The molecule has 0 aliphatic carbocycles. The number of benzene rings is 2. The molecule has 0 N–H and O–H groups in total. The van der Waals surface area contributed by atoms with E-state index in [2.05, 4.69) is 4.74 Å². The number of Topliss-reactive ketones (excluding diaryl/α,β-unsaturated/α-hetero) is 1. The van der Waals surface area contributed by atoms with E-state index >= 15 is 0 Å². The van der Waals surface area contributed by atoms with Gasteiger partial charge in [0.25, 0.3) is 0 Å². The fourth-order valence-electron chi connectivity index (χ4n) is 3.07. The van der Waals surface area contributed by atoms with Gasteiger partial charge in [0.15, 0.2) is 15.4 Å². The lowest BCUT2D eigenvalue weighted by atomic mass is 9.90. The second kappa shape index (κ2) is 7.46. The topological polar surface area (TPSA) is 69.7 Å². The Balaban J connectivity index is 2.08. The molecule has 1 aliphatic rings. The smallest absolute Gasteiger partial charge is 0.478 e. The van der Waals surface area contributed by atoms with Crippen molar-refractivity contribution >= 4 is 27.0 Å². The molecule has 0 aromatic heterocycles. The van der Waals surface area contributed by atoms with Crippen LogP contribution < -0.4 is 4.74 Å². The van der Waals surface area contributed by atoms with Gasteiger partial charge in [-0.25, -0.2) is 8.42 Å². The van der Waals surface area contributed by atoms with E-state index in [1.165, 1.54) is 36.4 Å². The SMILES string of the molecule is CCC1(C)OC(c2ccc(S(C)(=O)=O)cc2)=C(c2ccc(OC(F)(F)F)cc2)C1=O. The molecule has 160 valence electrons. The van der Waals surface area contributed by atoms with Gasteiger partial charge in [0, 0.05) is 11.8 Å². The quantitative estimate of drug-likeness (QED) is 0.678. The fourth-order valence-corrected chi connectivity index (χ4v) is 3.70. The van der Waals surface area contributed by atoms with E-state index in [-0.39, 0.29) is 22.0 Å². The standard InChI is InChI=1S/C21H19F3O5S/c1-4-20(2)19(25)17(13-5-9-15(10-6-13)28-21(22,23)24)18(29-20)14-7-11-16(12-8-14)30(3,26)27/h5-12H,4H2,1-3H3. The van der Waals surface area contributed by atoms with Crippen molar-refractivity contribution in [3.8, 4) is 5.75 Å². The Morgan fingerprint density at radius 1 is 1.00 bits per heavy atom. The number of sulfone groups is 1. The molecule has 2 aromatic carbocycles. The van der Waals surface area contributed by atoms with Crippen molar-refractivity contribution in [2.75, 3.05) is 6.26 Å². The molecule has 2 aromatic rings. The second-order valence-electron chi connectivity index (χ2n) is 7.09. The van der Waals surface area contributed by atoms with Crippen LogP contribution in [0, 0.1) is 0 Å². The maximum absolute atomic E-state index is 13.1. The van der Waals surface area contributed by atoms with Crippen LogP contribution in [0.3, 0.4) is 0 Å². The van der Waals surface area contributed by atoms with Crippen molar-refractivity contribution in [2.45, 2.75) is 37.1 Å². The molecule has 0 amide bonds. The molecule has 0 fully saturated rings. The van der Waals surface area contributed by atoms with Crippen molar-refractivity contribution in [3.05, 3.63) is 59.7 Å². The Hall–Kier alpha value is -2.81. The van der Waals surface area contributed by atoms with E-state index in [1.54, 1.807) is 13.8 Å². The van der Waals surface area contributed by atoms with Crippen LogP contribution in [0.4, 0.5) is 13.2 Å². The van der Waals surface area contributed by atoms with E-state index in [1.807, 2.05) is 0 Å². The number of carbonyl (C=O) groups excluding carboxylic acids is 1. The van der Waals surface area contributed by atoms with Crippen molar-refractivity contribution in [3.63, 3.8) is 0 Å². The number of ether oxygens (including phenoxy) is 2. The first kappa shape index (κ1) is 21.9. The zero-order chi connectivity index (χ0) is 22.3. The molecule has 0 saturated heterocycles.